The van der Waals surface area contributed by atoms with E-state index in [-0.39, 0.29) is 0 Å². The average Bonchev–Trinajstić information content (AvgIpc) is 4.01. The van der Waals surface area contributed by atoms with Crippen molar-refractivity contribution in [2.75, 3.05) is 4.90 Å². The maximum absolute atomic E-state index is 6.73. The second-order valence-corrected chi connectivity index (χ2v) is 18.3. The molecule has 304 valence electrons. The van der Waals surface area contributed by atoms with Crippen LogP contribution in [0.5, 0.6) is 0 Å². The molecule has 0 saturated carbocycles. The van der Waals surface area contributed by atoms with Crippen molar-refractivity contribution >= 4 is 72.6 Å². The molecule has 1 spiro atoms. The van der Waals surface area contributed by atoms with Crippen LogP contribution in [0.4, 0.5) is 17.1 Å². The molecule has 2 aliphatic rings. The van der Waals surface area contributed by atoms with Gasteiger partial charge in [-0.05, 0) is 106 Å². The number of hydrogen-bond acceptors (Lipinski definition) is 3. The molecular weight excluding hydrogens is 809 g/mol. The van der Waals surface area contributed by atoms with Gasteiger partial charge in [-0.1, -0.05) is 176 Å². The molecule has 1 aliphatic carbocycles. The maximum Gasteiger partial charge on any atom is 0.143 e. The van der Waals surface area contributed by atoms with E-state index in [1.165, 1.54) is 59.5 Å². The first-order chi connectivity index (χ1) is 32.2. The van der Waals surface area contributed by atoms with Gasteiger partial charge in [-0.25, -0.2) is 0 Å². The Bertz CT molecular complexity index is 3840. The van der Waals surface area contributed by atoms with Gasteiger partial charge in [0.1, 0.15) is 11.2 Å². The van der Waals surface area contributed by atoms with Gasteiger partial charge in [0, 0.05) is 59.6 Å². The smallest absolute Gasteiger partial charge is 0.143 e. The number of rotatable bonds is 5. The molecule has 0 atom stereocenters. The van der Waals surface area contributed by atoms with Crippen LogP contribution in [0.3, 0.4) is 0 Å². The molecule has 0 amide bonds. The van der Waals surface area contributed by atoms with Gasteiger partial charge in [0.15, 0.2) is 0 Å². The van der Waals surface area contributed by atoms with Crippen LogP contribution < -0.4 is 4.90 Å². The highest BCUT2D eigenvalue weighted by atomic mass is 32.2. The van der Waals surface area contributed by atoms with E-state index in [1.807, 2.05) is 11.8 Å². The summed E-state index contributed by atoms with van der Waals surface area (Å²) in [5.41, 5.74) is 18.1. The van der Waals surface area contributed by atoms with Crippen molar-refractivity contribution in [3.05, 3.63) is 253 Å². The van der Waals surface area contributed by atoms with Crippen LogP contribution in [-0.4, -0.2) is 4.57 Å². The molecule has 2 aromatic heterocycles. The van der Waals surface area contributed by atoms with Crippen LogP contribution in [0.1, 0.15) is 22.3 Å². The van der Waals surface area contributed by atoms with Gasteiger partial charge in [-0.15, -0.1) is 0 Å². The molecule has 14 rings (SSSR count). The van der Waals surface area contributed by atoms with E-state index < -0.39 is 5.41 Å². The predicted molar refractivity (Wildman–Crippen MR) is 270 cm³/mol. The first-order valence-corrected chi connectivity index (χ1v) is 23.1. The quantitative estimate of drug-likeness (QED) is 0.172. The standard InChI is InChI=1S/C61H38N2OS/c1-3-17-39(18-4-1)49-35-43(36-50-48-24-10-15-29-57(48)64-60(49)50)62(41-31-33-47-46-23-9-14-28-55(46)63(56(47)37-41)40-19-5-2-6-20-40)42-32-34-54-59(38-42)65-58-30-16-13-27-53(58)61(54)51-25-11-7-21-44(51)45-22-8-12-26-52(45)61/h1-38H. The first-order valence-electron chi connectivity index (χ1n) is 22.2. The van der Waals surface area contributed by atoms with Crippen LogP contribution in [0, 0.1) is 0 Å². The van der Waals surface area contributed by atoms with Crippen molar-refractivity contribution in [3.63, 3.8) is 0 Å². The molecule has 0 N–H and O–H groups in total. The number of hydrogen-bond donors (Lipinski definition) is 0. The van der Waals surface area contributed by atoms with Crippen LogP contribution in [0.25, 0.3) is 71.7 Å². The summed E-state index contributed by atoms with van der Waals surface area (Å²) < 4.78 is 9.14. The lowest BCUT2D eigenvalue weighted by molar-refractivity contribution is 0.670. The molecule has 0 bridgehead atoms. The third-order valence-electron chi connectivity index (χ3n) is 13.8. The summed E-state index contributed by atoms with van der Waals surface area (Å²) in [6, 6.07) is 84.6. The summed E-state index contributed by atoms with van der Waals surface area (Å²) in [4.78, 5) is 4.99. The van der Waals surface area contributed by atoms with E-state index in [0.717, 1.165) is 61.3 Å². The van der Waals surface area contributed by atoms with E-state index >= 15 is 0 Å². The number of para-hydroxylation sites is 3. The lowest BCUT2D eigenvalue weighted by atomic mass is 9.67. The van der Waals surface area contributed by atoms with Crippen LogP contribution in [0.15, 0.2) is 245 Å². The van der Waals surface area contributed by atoms with Gasteiger partial charge in [0.25, 0.3) is 0 Å². The van der Waals surface area contributed by atoms with E-state index in [9.17, 15) is 0 Å². The first kappa shape index (κ1) is 36.4. The number of benzene rings is 10. The van der Waals surface area contributed by atoms with E-state index in [2.05, 4.69) is 240 Å². The van der Waals surface area contributed by atoms with Gasteiger partial charge in [-0.3, -0.25) is 0 Å². The van der Waals surface area contributed by atoms with Gasteiger partial charge < -0.3 is 13.9 Å². The Kier molecular flexibility index (Phi) is 7.83. The number of fused-ring (bicyclic) bond motifs is 15. The zero-order chi connectivity index (χ0) is 42.6. The van der Waals surface area contributed by atoms with Crippen LogP contribution >= 0.6 is 11.8 Å². The number of anilines is 3. The fourth-order valence-electron chi connectivity index (χ4n) is 11.2. The highest BCUT2D eigenvalue weighted by Crippen LogP contribution is 2.62. The van der Waals surface area contributed by atoms with Crippen molar-refractivity contribution in [1.29, 1.82) is 0 Å². The van der Waals surface area contributed by atoms with E-state index in [0.29, 0.717) is 0 Å². The number of nitrogens with zero attached hydrogens (tertiary/aromatic N) is 2. The Morgan fingerprint density at radius 2 is 0.985 bits per heavy atom. The summed E-state index contributed by atoms with van der Waals surface area (Å²) in [7, 11) is 0. The third kappa shape index (κ3) is 5.20. The zero-order valence-corrected chi connectivity index (χ0v) is 36.0. The second kappa shape index (κ2) is 14.0. The van der Waals surface area contributed by atoms with Gasteiger partial charge in [0.05, 0.1) is 16.4 Å². The summed E-state index contributed by atoms with van der Waals surface area (Å²) in [6.45, 7) is 0. The van der Waals surface area contributed by atoms with Gasteiger partial charge >= 0.3 is 0 Å². The molecule has 0 unspecified atom stereocenters. The van der Waals surface area contributed by atoms with Crippen molar-refractivity contribution in [1.82, 2.24) is 4.57 Å². The molecule has 3 nitrogen and oxygen atoms in total. The molecule has 1 aliphatic heterocycles. The van der Waals surface area contributed by atoms with E-state index in [1.54, 1.807) is 0 Å². The lowest BCUT2D eigenvalue weighted by Gasteiger charge is -2.40. The SMILES string of the molecule is c1ccc(-c2cc(N(c3ccc4c(c3)Sc3ccccc3C43c4ccccc4-c4ccccc43)c3ccc4c5ccccc5n(-c5ccccc5)c4c3)cc3c2oc2ccccc23)cc1. The number of aromatic nitrogens is 1. The molecule has 65 heavy (non-hydrogen) atoms. The Morgan fingerprint density at radius 1 is 0.385 bits per heavy atom. The fraction of sp³-hybridized carbons (Fsp3) is 0.0164. The Morgan fingerprint density at radius 3 is 1.78 bits per heavy atom. The molecule has 3 heterocycles. The summed E-state index contributed by atoms with van der Waals surface area (Å²) in [6.07, 6.45) is 0. The van der Waals surface area contributed by atoms with Crippen molar-refractivity contribution < 1.29 is 4.42 Å². The van der Waals surface area contributed by atoms with Crippen molar-refractivity contribution in [3.8, 4) is 27.9 Å². The second-order valence-electron chi connectivity index (χ2n) is 17.2. The molecule has 4 heteroatoms. The minimum atomic E-state index is -0.460. The van der Waals surface area contributed by atoms with Gasteiger partial charge in [0.2, 0.25) is 0 Å². The lowest BCUT2D eigenvalue weighted by Crippen LogP contribution is -2.32. The highest BCUT2D eigenvalue weighted by Gasteiger charge is 2.50. The summed E-state index contributed by atoms with van der Waals surface area (Å²) in [5.74, 6) is 0. The zero-order valence-electron chi connectivity index (χ0n) is 35.2. The summed E-state index contributed by atoms with van der Waals surface area (Å²) in [5, 5.41) is 4.63. The minimum Gasteiger partial charge on any atom is -0.455 e. The van der Waals surface area contributed by atoms with Crippen molar-refractivity contribution in [2.24, 2.45) is 0 Å². The Balaban J connectivity index is 1.06. The largest absolute Gasteiger partial charge is 0.455 e. The Hall–Kier alpha value is -8.05. The summed E-state index contributed by atoms with van der Waals surface area (Å²) >= 11 is 1.88. The maximum atomic E-state index is 6.73. The Labute approximate surface area is 380 Å². The monoisotopic (exact) mass is 846 g/mol. The highest BCUT2D eigenvalue weighted by molar-refractivity contribution is 7.99. The fourth-order valence-corrected chi connectivity index (χ4v) is 12.4. The van der Waals surface area contributed by atoms with Crippen LogP contribution in [-0.2, 0) is 5.41 Å². The number of furan rings is 1. The molecule has 0 fully saturated rings. The topological polar surface area (TPSA) is 21.3 Å². The molecule has 0 saturated heterocycles. The predicted octanol–water partition coefficient (Wildman–Crippen LogP) is 16.6. The molecule has 10 aromatic carbocycles. The van der Waals surface area contributed by atoms with Gasteiger partial charge in [-0.2, -0.15) is 0 Å². The third-order valence-corrected chi connectivity index (χ3v) is 15.0. The minimum absolute atomic E-state index is 0.460. The van der Waals surface area contributed by atoms with Crippen molar-refractivity contribution in [2.45, 2.75) is 15.2 Å². The molecular formula is C61H38N2OS. The van der Waals surface area contributed by atoms with E-state index in [4.69, 9.17) is 4.42 Å². The average molecular weight is 847 g/mol. The molecule has 12 aromatic rings. The molecule has 0 radical (unpaired) electrons. The normalized spacial score (nSPS) is 13.3. The van der Waals surface area contributed by atoms with Crippen LogP contribution in [0.2, 0.25) is 0 Å².